The second-order valence-electron chi connectivity index (χ2n) is 6.94. The number of ether oxygens (including phenoxy) is 1. The molecule has 4 nitrogen and oxygen atoms in total. The van der Waals surface area contributed by atoms with Gasteiger partial charge in [0.25, 0.3) is 5.91 Å². The van der Waals surface area contributed by atoms with E-state index in [1.807, 2.05) is 31.2 Å². The van der Waals surface area contributed by atoms with Crippen molar-refractivity contribution in [2.75, 3.05) is 0 Å². The summed E-state index contributed by atoms with van der Waals surface area (Å²) in [6.45, 7) is 2.00. The molecule has 3 aromatic carbocycles. The molecule has 3 aromatic rings. The predicted octanol–water partition coefficient (Wildman–Crippen LogP) is 7.02. The lowest BCUT2D eigenvalue weighted by Gasteiger charge is -2.09. The predicted molar refractivity (Wildman–Crippen MR) is 132 cm³/mol. The molecule has 0 aromatic heterocycles. The average Bonchev–Trinajstić information content (AvgIpc) is 3.10. The van der Waals surface area contributed by atoms with Gasteiger partial charge in [-0.15, -0.1) is 0 Å². The molecule has 1 fully saturated rings. The molecule has 0 aliphatic carbocycles. The highest BCUT2D eigenvalue weighted by molar-refractivity contribution is 9.10. The van der Waals surface area contributed by atoms with Crippen LogP contribution in [0.25, 0.3) is 6.08 Å². The highest BCUT2D eigenvalue weighted by Crippen LogP contribution is 2.33. The second-order valence-corrected chi connectivity index (χ2v) is 9.23. The molecule has 0 saturated carbocycles. The summed E-state index contributed by atoms with van der Waals surface area (Å²) < 4.78 is 20.2. The Kier molecular flexibility index (Phi) is 6.98. The molecule has 0 unspecified atom stereocenters. The molecule has 1 heterocycles. The van der Waals surface area contributed by atoms with Crippen molar-refractivity contribution in [3.05, 3.63) is 97.6 Å². The molecule has 1 aliphatic heterocycles. The van der Waals surface area contributed by atoms with Gasteiger partial charge in [-0.05, 0) is 82.2 Å². The Morgan fingerprint density at radius 1 is 1.19 bits per heavy atom. The van der Waals surface area contributed by atoms with Crippen LogP contribution in [0.4, 0.5) is 10.1 Å². The molecule has 8 heteroatoms. The number of aliphatic imine (C=N–C) groups is 1. The number of rotatable bonds is 5. The molecule has 0 atom stereocenters. The van der Waals surface area contributed by atoms with Gasteiger partial charge in [0.1, 0.15) is 18.2 Å². The number of carbonyl (C=O) groups excluding carboxylic acids is 1. The minimum absolute atomic E-state index is 0.118. The van der Waals surface area contributed by atoms with E-state index in [-0.39, 0.29) is 18.3 Å². The Hall–Kier alpha value is -2.61. The van der Waals surface area contributed by atoms with Crippen molar-refractivity contribution in [1.82, 2.24) is 5.32 Å². The van der Waals surface area contributed by atoms with Crippen LogP contribution in [0.2, 0.25) is 5.02 Å². The molecule has 1 amide bonds. The van der Waals surface area contributed by atoms with Crippen molar-refractivity contribution < 1.29 is 13.9 Å². The van der Waals surface area contributed by atoms with Crippen LogP contribution in [0.3, 0.4) is 0 Å². The molecule has 32 heavy (non-hydrogen) atoms. The number of amides is 1. The summed E-state index contributed by atoms with van der Waals surface area (Å²) in [5.41, 5.74) is 2.85. The molecule has 1 saturated heterocycles. The summed E-state index contributed by atoms with van der Waals surface area (Å²) in [6.07, 6.45) is 1.78. The summed E-state index contributed by atoms with van der Waals surface area (Å²) in [6, 6.07) is 17.4. The lowest BCUT2D eigenvalue weighted by atomic mass is 10.2. The maximum atomic E-state index is 13.8. The Labute approximate surface area is 202 Å². The maximum Gasteiger partial charge on any atom is 0.264 e. The zero-order valence-electron chi connectivity index (χ0n) is 16.9. The Balaban J connectivity index is 1.48. The highest BCUT2D eigenvalue weighted by Gasteiger charge is 2.24. The van der Waals surface area contributed by atoms with Gasteiger partial charge in [0.15, 0.2) is 5.17 Å². The van der Waals surface area contributed by atoms with Gasteiger partial charge in [-0.1, -0.05) is 41.9 Å². The van der Waals surface area contributed by atoms with Crippen LogP contribution in [0, 0.1) is 12.7 Å². The first kappa shape index (κ1) is 22.6. The van der Waals surface area contributed by atoms with Crippen LogP contribution in [0.5, 0.6) is 5.75 Å². The number of benzene rings is 3. The van der Waals surface area contributed by atoms with E-state index in [2.05, 4.69) is 26.2 Å². The number of nitrogens with zero attached hydrogens (tertiary/aromatic N) is 1. The minimum Gasteiger partial charge on any atom is -0.488 e. The second kappa shape index (κ2) is 9.90. The first-order chi connectivity index (χ1) is 15.4. The fourth-order valence-corrected chi connectivity index (χ4v) is 4.47. The lowest BCUT2D eigenvalue weighted by molar-refractivity contribution is -0.115. The quantitative estimate of drug-likeness (QED) is 0.360. The van der Waals surface area contributed by atoms with Gasteiger partial charge in [0.2, 0.25) is 0 Å². The molecule has 4 rings (SSSR count). The highest BCUT2D eigenvalue weighted by atomic mass is 79.9. The van der Waals surface area contributed by atoms with Crippen molar-refractivity contribution in [3.63, 3.8) is 0 Å². The molecule has 162 valence electrons. The van der Waals surface area contributed by atoms with Gasteiger partial charge < -0.3 is 10.1 Å². The Morgan fingerprint density at radius 3 is 2.78 bits per heavy atom. The van der Waals surface area contributed by atoms with E-state index >= 15 is 0 Å². The molecular weight excluding hydrogens is 515 g/mol. The zero-order valence-corrected chi connectivity index (χ0v) is 20.0. The molecule has 0 bridgehead atoms. The number of nitrogens with one attached hydrogen (secondary N) is 1. The smallest absolute Gasteiger partial charge is 0.264 e. The van der Waals surface area contributed by atoms with Crippen molar-refractivity contribution in [1.29, 1.82) is 0 Å². The van der Waals surface area contributed by atoms with E-state index in [0.29, 0.717) is 36.6 Å². The molecular formula is C24H17BrClFN2O2S. The van der Waals surface area contributed by atoms with Crippen molar-refractivity contribution in [2.24, 2.45) is 4.99 Å². The number of amidine groups is 1. The molecule has 1 aliphatic rings. The Morgan fingerprint density at radius 2 is 2.00 bits per heavy atom. The van der Waals surface area contributed by atoms with Gasteiger partial charge in [-0.2, -0.15) is 0 Å². The number of carbonyl (C=O) groups is 1. The molecule has 0 radical (unpaired) electrons. The molecule has 0 spiro atoms. The van der Waals surface area contributed by atoms with Crippen molar-refractivity contribution >= 4 is 62.1 Å². The van der Waals surface area contributed by atoms with E-state index in [0.717, 1.165) is 11.1 Å². The number of thioether (sulfide) groups is 1. The third kappa shape index (κ3) is 5.23. The van der Waals surface area contributed by atoms with E-state index in [1.165, 1.54) is 17.8 Å². The van der Waals surface area contributed by atoms with Crippen molar-refractivity contribution in [2.45, 2.75) is 13.5 Å². The summed E-state index contributed by atoms with van der Waals surface area (Å²) in [5.74, 6) is 0.0572. The standard InChI is InChI=1S/C24H17BrClFN2O2S/c1-14-18(26)6-4-8-20(14)28-24-29-23(30)22(32-24)12-15-9-10-21(17(25)11-15)31-13-16-5-2-3-7-19(16)27/h2-12H,13H2,1H3,(H,28,29,30)/b22-12+. The van der Waals surface area contributed by atoms with Gasteiger partial charge in [0, 0.05) is 10.6 Å². The van der Waals surface area contributed by atoms with Crippen LogP contribution in [0.15, 0.2) is 75.0 Å². The number of hydrogen-bond donors (Lipinski definition) is 1. The minimum atomic E-state index is -0.306. The van der Waals surface area contributed by atoms with E-state index in [1.54, 1.807) is 36.4 Å². The van der Waals surface area contributed by atoms with Gasteiger partial charge in [-0.3, -0.25) is 4.79 Å². The van der Waals surface area contributed by atoms with Gasteiger partial charge in [-0.25, -0.2) is 9.38 Å². The largest absolute Gasteiger partial charge is 0.488 e. The average molecular weight is 532 g/mol. The SMILES string of the molecule is Cc1c(Cl)cccc1N=C1NC(=O)/C(=C\c2ccc(OCc3ccccc3F)c(Br)c2)S1. The zero-order chi connectivity index (χ0) is 22.7. The van der Waals surface area contributed by atoms with Crippen LogP contribution < -0.4 is 10.1 Å². The Bertz CT molecular complexity index is 1260. The third-order valence-corrected chi connectivity index (χ3v) is 6.65. The topological polar surface area (TPSA) is 50.7 Å². The summed E-state index contributed by atoms with van der Waals surface area (Å²) in [4.78, 5) is 17.4. The number of hydrogen-bond acceptors (Lipinski definition) is 4. The first-order valence-electron chi connectivity index (χ1n) is 9.61. The number of halogens is 3. The van der Waals surface area contributed by atoms with Crippen LogP contribution in [-0.2, 0) is 11.4 Å². The van der Waals surface area contributed by atoms with Crippen molar-refractivity contribution in [3.8, 4) is 5.75 Å². The lowest BCUT2D eigenvalue weighted by Crippen LogP contribution is -2.19. The van der Waals surface area contributed by atoms with E-state index in [4.69, 9.17) is 16.3 Å². The van der Waals surface area contributed by atoms with E-state index in [9.17, 15) is 9.18 Å². The molecule has 1 N–H and O–H groups in total. The van der Waals surface area contributed by atoms with Gasteiger partial charge >= 0.3 is 0 Å². The van der Waals surface area contributed by atoms with Crippen LogP contribution >= 0.6 is 39.3 Å². The summed E-state index contributed by atoms with van der Waals surface area (Å²) >= 11 is 10.9. The maximum absolute atomic E-state index is 13.8. The summed E-state index contributed by atoms with van der Waals surface area (Å²) in [5, 5.41) is 3.90. The fraction of sp³-hybridized carbons (Fsp3) is 0.0833. The van der Waals surface area contributed by atoms with Crippen LogP contribution in [0.1, 0.15) is 16.7 Å². The van der Waals surface area contributed by atoms with Gasteiger partial charge in [0.05, 0.1) is 15.1 Å². The normalized spacial score (nSPS) is 15.9. The summed E-state index contributed by atoms with van der Waals surface area (Å²) in [7, 11) is 0. The first-order valence-corrected chi connectivity index (χ1v) is 11.6. The fourth-order valence-electron chi connectivity index (χ4n) is 2.95. The van der Waals surface area contributed by atoms with E-state index < -0.39 is 0 Å². The van der Waals surface area contributed by atoms with Crippen LogP contribution in [-0.4, -0.2) is 11.1 Å². The third-order valence-electron chi connectivity index (χ3n) is 4.71. The monoisotopic (exact) mass is 530 g/mol.